The molecule has 28 heavy (non-hydrogen) atoms. The van der Waals surface area contributed by atoms with Crippen molar-refractivity contribution in [3.63, 3.8) is 0 Å². The van der Waals surface area contributed by atoms with E-state index in [0.717, 1.165) is 32.1 Å². The largest absolute Gasteiger partial charge is 0.447 e. The molecule has 7 nitrogen and oxygen atoms in total. The number of urea groups is 1. The summed E-state index contributed by atoms with van der Waals surface area (Å²) in [5, 5.41) is 5.38. The number of amides is 3. The second-order valence-electron chi connectivity index (χ2n) is 7.02. The predicted molar refractivity (Wildman–Crippen MR) is 99.3 cm³/mol. The first-order valence-corrected chi connectivity index (χ1v) is 9.36. The molecule has 1 atom stereocenters. The lowest BCUT2D eigenvalue weighted by molar-refractivity contribution is -0.128. The van der Waals surface area contributed by atoms with Crippen LogP contribution in [0.25, 0.3) is 11.0 Å². The molecule has 2 aromatic rings. The SMILES string of the molecule is Cc1c(C(=O)OC(C)C(=O)NC(=O)NC2CCCCC2)oc2c(F)cccc12. The summed E-state index contributed by atoms with van der Waals surface area (Å²) in [4.78, 5) is 36.4. The van der Waals surface area contributed by atoms with Crippen LogP contribution in [0.1, 0.15) is 55.1 Å². The van der Waals surface area contributed by atoms with Gasteiger partial charge in [-0.25, -0.2) is 14.0 Å². The van der Waals surface area contributed by atoms with Crippen molar-refractivity contribution in [3.05, 3.63) is 35.3 Å². The van der Waals surface area contributed by atoms with Crippen LogP contribution >= 0.6 is 0 Å². The highest BCUT2D eigenvalue weighted by Gasteiger charge is 2.26. The summed E-state index contributed by atoms with van der Waals surface area (Å²) in [6, 6.07) is 3.80. The second-order valence-corrected chi connectivity index (χ2v) is 7.02. The number of rotatable bonds is 4. The van der Waals surface area contributed by atoms with E-state index in [1.54, 1.807) is 13.0 Å². The number of furan rings is 1. The van der Waals surface area contributed by atoms with Gasteiger partial charge in [0.2, 0.25) is 5.76 Å². The van der Waals surface area contributed by atoms with E-state index >= 15 is 0 Å². The number of carbonyl (C=O) groups excluding carboxylic acids is 3. The van der Waals surface area contributed by atoms with Gasteiger partial charge in [-0.05, 0) is 32.8 Å². The van der Waals surface area contributed by atoms with Crippen molar-refractivity contribution in [1.82, 2.24) is 10.6 Å². The number of halogens is 1. The number of hydrogen-bond acceptors (Lipinski definition) is 5. The zero-order chi connectivity index (χ0) is 20.3. The minimum Gasteiger partial charge on any atom is -0.447 e. The predicted octanol–water partition coefficient (Wildman–Crippen LogP) is 3.58. The first-order chi connectivity index (χ1) is 13.4. The third-order valence-electron chi connectivity index (χ3n) is 4.93. The standard InChI is InChI=1S/C20H23FN2O5/c1-11-14-9-6-10-15(21)17(14)28-16(11)19(25)27-12(2)18(24)23-20(26)22-13-7-4-3-5-8-13/h6,9-10,12-13H,3-5,7-8H2,1-2H3,(H2,22,23,24,26). The summed E-state index contributed by atoms with van der Waals surface area (Å²) in [5.41, 5.74) is 0.373. The molecule has 1 unspecified atom stereocenters. The average Bonchev–Trinajstić information content (AvgIpc) is 3.00. The Morgan fingerprint density at radius 3 is 2.61 bits per heavy atom. The van der Waals surface area contributed by atoms with Gasteiger partial charge in [-0.15, -0.1) is 0 Å². The van der Waals surface area contributed by atoms with Gasteiger partial charge in [-0.3, -0.25) is 10.1 Å². The van der Waals surface area contributed by atoms with E-state index in [4.69, 9.17) is 9.15 Å². The maximum atomic E-state index is 13.8. The molecule has 2 N–H and O–H groups in total. The minimum absolute atomic E-state index is 0.0454. The number of esters is 1. The maximum Gasteiger partial charge on any atom is 0.375 e. The fraction of sp³-hybridized carbons (Fsp3) is 0.450. The molecule has 1 aromatic heterocycles. The summed E-state index contributed by atoms with van der Waals surface area (Å²) in [7, 11) is 0. The van der Waals surface area contributed by atoms with Crippen LogP contribution in [-0.2, 0) is 9.53 Å². The third-order valence-corrected chi connectivity index (χ3v) is 4.93. The van der Waals surface area contributed by atoms with E-state index in [2.05, 4.69) is 10.6 Å². The van der Waals surface area contributed by atoms with Crippen molar-refractivity contribution < 1.29 is 27.9 Å². The Balaban J connectivity index is 1.59. The van der Waals surface area contributed by atoms with Crippen LogP contribution in [-0.4, -0.2) is 30.1 Å². The van der Waals surface area contributed by atoms with Crippen LogP contribution < -0.4 is 10.6 Å². The Morgan fingerprint density at radius 2 is 1.93 bits per heavy atom. The molecule has 1 aliphatic rings. The fourth-order valence-corrected chi connectivity index (χ4v) is 3.35. The number of ether oxygens (including phenoxy) is 1. The van der Waals surface area contributed by atoms with Gasteiger partial charge in [-0.1, -0.05) is 31.4 Å². The Kier molecular flexibility index (Phi) is 5.96. The summed E-state index contributed by atoms with van der Waals surface area (Å²) < 4.78 is 24.2. The molecule has 1 saturated carbocycles. The summed E-state index contributed by atoms with van der Waals surface area (Å²) in [6.07, 6.45) is 3.79. The number of fused-ring (bicyclic) bond motifs is 1. The van der Waals surface area contributed by atoms with Crippen LogP contribution in [0.2, 0.25) is 0 Å². The van der Waals surface area contributed by atoms with Crippen LogP contribution in [0.3, 0.4) is 0 Å². The van der Waals surface area contributed by atoms with Crippen LogP contribution in [0.15, 0.2) is 22.6 Å². The Labute approximate surface area is 161 Å². The monoisotopic (exact) mass is 390 g/mol. The number of carbonyl (C=O) groups is 3. The van der Waals surface area contributed by atoms with E-state index in [9.17, 15) is 18.8 Å². The average molecular weight is 390 g/mol. The number of hydrogen-bond donors (Lipinski definition) is 2. The molecule has 0 spiro atoms. The highest BCUT2D eigenvalue weighted by Crippen LogP contribution is 2.28. The highest BCUT2D eigenvalue weighted by atomic mass is 19.1. The number of para-hydroxylation sites is 1. The van der Waals surface area contributed by atoms with E-state index < -0.39 is 29.8 Å². The van der Waals surface area contributed by atoms with Gasteiger partial charge >= 0.3 is 12.0 Å². The molecule has 1 aliphatic carbocycles. The molecule has 8 heteroatoms. The Morgan fingerprint density at radius 1 is 1.21 bits per heavy atom. The first kappa shape index (κ1) is 19.9. The lowest BCUT2D eigenvalue weighted by atomic mass is 9.96. The van der Waals surface area contributed by atoms with Crippen molar-refractivity contribution in [2.24, 2.45) is 0 Å². The molecular weight excluding hydrogens is 367 g/mol. The molecule has 0 aliphatic heterocycles. The first-order valence-electron chi connectivity index (χ1n) is 9.36. The van der Waals surface area contributed by atoms with Crippen molar-refractivity contribution in [1.29, 1.82) is 0 Å². The van der Waals surface area contributed by atoms with Gasteiger partial charge in [0.15, 0.2) is 17.5 Å². The molecule has 0 radical (unpaired) electrons. The van der Waals surface area contributed by atoms with Gasteiger partial charge in [0.25, 0.3) is 5.91 Å². The number of nitrogens with one attached hydrogen (secondary N) is 2. The minimum atomic E-state index is -1.22. The number of aryl methyl sites for hydroxylation is 1. The molecular formula is C20H23FN2O5. The smallest absolute Gasteiger partial charge is 0.375 e. The molecule has 3 amide bonds. The third kappa shape index (κ3) is 4.32. The molecule has 1 aromatic carbocycles. The van der Waals surface area contributed by atoms with Gasteiger partial charge in [-0.2, -0.15) is 0 Å². The maximum absolute atomic E-state index is 13.8. The number of imide groups is 1. The molecule has 0 bridgehead atoms. The van der Waals surface area contributed by atoms with Gasteiger partial charge in [0.05, 0.1) is 0 Å². The van der Waals surface area contributed by atoms with E-state index in [0.29, 0.717) is 10.9 Å². The van der Waals surface area contributed by atoms with E-state index in [1.807, 2.05) is 0 Å². The lowest BCUT2D eigenvalue weighted by Crippen LogP contribution is -2.48. The summed E-state index contributed by atoms with van der Waals surface area (Å²) in [5.74, 6) is -2.42. The quantitative estimate of drug-likeness (QED) is 0.778. The number of benzene rings is 1. The lowest BCUT2D eigenvalue weighted by Gasteiger charge is -2.23. The molecule has 150 valence electrons. The summed E-state index contributed by atoms with van der Waals surface area (Å²) >= 11 is 0. The van der Waals surface area contributed by atoms with Crippen molar-refractivity contribution in [2.75, 3.05) is 0 Å². The van der Waals surface area contributed by atoms with Crippen LogP contribution in [0, 0.1) is 12.7 Å². The van der Waals surface area contributed by atoms with Crippen LogP contribution in [0.4, 0.5) is 9.18 Å². The summed E-state index contributed by atoms with van der Waals surface area (Å²) in [6.45, 7) is 2.95. The molecule has 1 heterocycles. The van der Waals surface area contributed by atoms with Crippen molar-refractivity contribution >= 4 is 28.9 Å². The normalized spacial score (nSPS) is 15.8. The van der Waals surface area contributed by atoms with Crippen LogP contribution in [0.5, 0.6) is 0 Å². The van der Waals surface area contributed by atoms with Gasteiger partial charge < -0.3 is 14.5 Å². The van der Waals surface area contributed by atoms with Gasteiger partial charge in [0, 0.05) is 17.0 Å². The van der Waals surface area contributed by atoms with E-state index in [1.165, 1.54) is 19.1 Å². The molecule has 1 fully saturated rings. The molecule has 0 saturated heterocycles. The Hall–Kier alpha value is -2.90. The zero-order valence-electron chi connectivity index (χ0n) is 15.8. The molecule has 3 rings (SSSR count). The second kappa shape index (κ2) is 8.41. The topological polar surface area (TPSA) is 97.6 Å². The van der Waals surface area contributed by atoms with E-state index in [-0.39, 0.29) is 17.4 Å². The Bertz CT molecular complexity index is 901. The zero-order valence-corrected chi connectivity index (χ0v) is 15.8. The fourth-order valence-electron chi connectivity index (χ4n) is 3.35. The van der Waals surface area contributed by atoms with Crippen molar-refractivity contribution in [3.8, 4) is 0 Å². The van der Waals surface area contributed by atoms with Gasteiger partial charge in [0.1, 0.15) is 0 Å². The van der Waals surface area contributed by atoms with Crippen molar-refractivity contribution in [2.45, 2.75) is 58.1 Å². The highest BCUT2D eigenvalue weighted by molar-refractivity contribution is 6.00.